The molecule has 4 aromatic heterocycles. The number of amides is 2. The summed E-state index contributed by atoms with van der Waals surface area (Å²) >= 11 is 2.75. The van der Waals surface area contributed by atoms with Crippen molar-refractivity contribution >= 4 is 56.1 Å². The molecule has 0 radical (unpaired) electrons. The molecule has 2 aliphatic heterocycles. The maximum atomic E-state index is 13.3. The lowest BCUT2D eigenvalue weighted by atomic mass is 9.82. The van der Waals surface area contributed by atoms with Crippen molar-refractivity contribution in [2.45, 2.75) is 62.7 Å². The van der Waals surface area contributed by atoms with E-state index >= 15 is 0 Å². The molecule has 2 atom stereocenters. The molecule has 3 aliphatic rings. The molecule has 0 aromatic carbocycles. The van der Waals surface area contributed by atoms with Gasteiger partial charge in [0.25, 0.3) is 5.92 Å². The van der Waals surface area contributed by atoms with Crippen LogP contribution in [0, 0.1) is 0 Å². The van der Waals surface area contributed by atoms with Gasteiger partial charge in [-0.1, -0.05) is 29.1 Å². The van der Waals surface area contributed by atoms with Gasteiger partial charge in [0.05, 0.1) is 37.3 Å². The minimum atomic E-state index is -2.68. The number of carbonyl (C=O) groups is 2. The normalized spacial score (nSPS) is 20.5. The number of nitrogens with zero attached hydrogens (tertiary/aromatic N) is 8. The van der Waals surface area contributed by atoms with Crippen molar-refractivity contribution in [3.8, 4) is 0 Å². The molecule has 6 heterocycles. The number of anilines is 4. The highest BCUT2D eigenvalue weighted by Crippen LogP contribution is 2.43. The second-order valence-electron chi connectivity index (χ2n) is 12.0. The highest BCUT2D eigenvalue weighted by atomic mass is 32.1. The lowest BCUT2D eigenvalue weighted by molar-refractivity contribution is -0.116. The van der Waals surface area contributed by atoms with Crippen molar-refractivity contribution in [3.63, 3.8) is 0 Å². The molecule has 1 saturated carbocycles. The van der Waals surface area contributed by atoms with Gasteiger partial charge in [-0.05, 0) is 49.9 Å². The van der Waals surface area contributed by atoms with Gasteiger partial charge < -0.3 is 20.4 Å². The van der Waals surface area contributed by atoms with Crippen molar-refractivity contribution in [1.29, 1.82) is 0 Å². The molecule has 2 saturated heterocycles. The molecular weight excluding hydrogens is 635 g/mol. The van der Waals surface area contributed by atoms with E-state index in [1.54, 1.807) is 23.2 Å². The molecule has 0 spiro atoms. The zero-order valence-electron chi connectivity index (χ0n) is 24.9. The van der Waals surface area contributed by atoms with Gasteiger partial charge in [0, 0.05) is 48.7 Å². The number of alkyl halides is 2. The van der Waals surface area contributed by atoms with E-state index in [0.29, 0.717) is 21.6 Å². The number of hydrogen-bond donors (Lipinski definition) is 2. The lowest BCUT2D eigenvalue weighted by Crippen LogP contribution is -2.56. The fourth-order valence-electron chi connectivity index (χ4n) is 5.98. The second-order valence-corrected chi connectivity index (χ2v) is 14.0. The van der Waals surface area contributed by atoms with Crippen molar-refractivity contribution in [1.82, 2.24) is 30.4 Å². The first kappa shape index (κ1) is 30.5. The third kappa shape index (κ3) is 7.12. The lowest BCUT2D eigenvalue weighted by Gasteiger charge is -2.40. The molecule has 1 aliphatic carbocycles. The van der Waals surface area contributed by atoms with Gasteiger partial charge in [0.15, 0.2) is 0 Å². The standard InChI is InChI=1S/C30H32F2N10O2S2/c31-30(32)16-42(17-30)23-6-8-34-21(13-23)15-25(44)36-29-40-38-27(46-29)19-4-1-3-18(11-19)26-37-39-28(45-26)35-24(43)14-20-12-22(5-7-33-20)41-9-2-10-41/h5-8,12-13,18-19H,1-4,9-11,14-17H2,(H,35,39,43)(H,36,40,44)/t18-,19-/m0/s1. The van der Waals surface area contributed by atoms with Gasteiger partial charge in [-0.2, -0.15) is 0 Å². The monoisotopic (exact) mass is 666 g/mol. The van der Waals surface area contributed by atoms with Crippen LogP contribution in [0.15, 0.2) is 36.7 Å². The minimum Gasteiger partial charge on any atom is -0.371 e. The van der Waals surface area contributed by atoms with Gasteiger partial charge in [0.1, 0.15) is 10.0 Å². The highest BCUT2D eigenvalue weighted by Gasteiger charge is 2.44. The number of aromatic nitrogens is 6. The summed E-state index contributed by atoms with van der Waals surface area (Å²) in [6.45, 7) is 1.40. The molecule has 2 N–H and O–H groups in total. The maximum absolute atomic E-state index is 13.3. The number of pyridine rings is 2. The molecular formula is C30H32F2N10O2S2. The fraction of sp³-hybridized carbons (Fsp3) is 0.467. The smallest absolute Gasteiger partial charge is 0.282 e. The number of carbonyl (C=O) groups excluding carboxylic acids is 2. The van der Waals surface area contributed by atoms with Crippen LogP contribution in [0.1, 0.15) is 65.3 Å². The van der Waals surface area contributed by atoms with Gasteiger partial charge in [-0.3, -0.25) is 19.6 Å². The second kappa shape index (κ2) is 12.9. The quantitative estimate of drug-likeness (QED) is 0.246. The summed E-state index contributed by atoms with van der Waals surface area (Å²) in [5.74, 6) is -2.80. The van der Waals surface area contributed by atoms with Gasteiger partial charge in [-0.25, -0.2) is 8.78 Å². The van der Waals surface area contributed by atoms with Crippen LogP contribution < -0.4 is 20.4 Å². The molecule has 4 aromatic rings. The Hall–Kier alpha value is -4.18. The zero-order valence-corrected chi connectivity index (χ0v) is 26.5. The summed E-state index contributed by atoms with van der Waals surface area (Å²) in [7, 11) is 0. The van der Waals surface area contributed by atoms with E-state index < -0.39 is 5.92 Å². The van der Waals surface area contributed by atoms with Gasteiger partial charge in [0.2, 0.25) is 22.1 Å². The fourth-order valence-corrected chi connectivity index (χ4v) is 7.80. The summed E-state index contributed by atoms with van der Waals surface area (Å²) in [6.07, 6.45) is 8.35. The Morgan fingerprint density at radius 3 is 1.78 bits per heavy atom. The van der Waals surface area contributed by atoms with Gasteiger partial charge in [-0.15, -0.1) is 20.4 Å². The summed E-state index contributed by atoms with van der Waals surface area (Å²) in [5.41, 5.74) is 2.93. The minimum absolute atomic E-state index is 0.00406. The molecule has 0 bridgehead atoms. The molecule has 12 nitrogen and oxygen atoms in total. The molecule has 16 heteroatoms. The van der Waals surface area contributed by atoms with Crippen LogP contribution in [0.4, 0.5) is 30.4 Å². The van der Waals surface area contributed by atoms with E-state index in [1.807, 2.05) is 12.1 Å². The third-order valence-electron chi connectivity index (χ3n) is 8.46. The Kier molecular flexibility index (Phi) is 8.55. The predicted molar refractivity (Wildman–Crippen MR) is 171 cm³/mol. The first-order valence-corrected chi connectivity index (χ1v) is 16.9. The van der Waals surface area contributed by atoms with Crippen molar-refractivity contribution < 1.29 is 18.4 Å². The van der Waals surface area contributed by atoms with E-state index in [1.165, 1.54) is 35.3 Å². The highest BCUT2D eigenvalue weighted by molar-refractivity contribution is 7.15. The molecule has 7 rings (SSSR count). The van der Waals surface area contributed by atoms with Crippen molar-refractivity contribution in [3.05, 3.63) is 58.1 Å². The topological polar surface area (TPSA) is 142 Å². The van der Waals surface area contributed by atoms with Crippen LogP contribution in [0.3, 0.4) is 0 Å². The van der Waals surface area contributed by atoms with Crippen LogP contribution in [-0.2, 0) is 22.4 Å². The van der Waals surface area contributed by atoms with E-state index in [0.717, 1.165) is 60.2 Å². The Labute approximate surface area is 271 Å². The Balaban J connectivity index is 0.906. The predicted octanol–water partition coefficient (Wildman–Crippen LogP) is 4.65. The first-order chi connectivity index (χ1) is 22.3. The number of halogens is 2. The Bertz CT molecular complexity index is 1720. The van der Waals surface area contributed by atoms with Crippen LogP contribution in [0.25, 0.3) is 0 Å². The largest absolute Gasteiger partial charge is 0.371 e. The van der Waals surface area contributed by atoms with Crippen molar-refractivity contribution in [2.75, 3.05) is 46.6 Å². The van der Waals surface area contributed by atoms with Crippen LogP contribution >= 0.6 is 22.7 Å². The van der Waals surface area contributed by atoms with E-state index in [4.69, 9.17) is 0 Å². The maximum Gasteiger partial charge on any atom is 0.282 e. The average molecular weight is 667 g/mol. The summed E-state index contributed by atoms with van der Waals surface area (Å²) < 4.78 is 26.5. The van der Waals surface area contributed by atoms with E-state index in [9.17, 15) is 18.4 Å². The van der Waals surface area contributed by atoms with Crippen LogP contribution in [0.2, 0.25) is 0 Å². The van der Waals surface area contributed by atoms with Crippen molar-refractivity contribution in [2.24, 2.45) is 0 Å². The molecule has 0 unspecified atom stereocenters. The Morgan fingerprint density at radius 2 is 1.30 bits per heavy atom. The van der Waals surface area contributed by atoms with Crippen LogP contribution in [0.5, 0.6) is 0 Å². The number of hydrogen-bond acceptors (Lipinski definition) is 12. The Morgan fingerprint density at radius 1 is 0.783 bits per heavy atom. The third-order valence-corrected chi connectivity index (χ3v) is 10.5. The van der Waals surface area contributed by atoms with Crippen LogP contribution in [-0.4, -0.2) is 74.3 Å². The average Bonchev–Trinajstić information content (AvgIpc) is 3.65. The molecule has 46 heavy (non-hydrogen) atoms. The molecule has 240 valence electrons. The van der Waals surface area contributed by atoms with Gasteiger partial charge >= 0.3 is 0 Å². The van der Waals surface area contributed by atoms with E-state index in [-0.39, 0.29) is 49.6 Å². The zero-order chi connectivity index (χ0) is 31.7. The molecule has 3 fully saturated rings. The SMILES string of the molecule is O=C(Cc1cc(N2CCC2)ccn1)Nc1nnc([C@H]2CCC[C@H](c3nnc(NC(=O)Cc4cc(N5CC(F)(F)C5)ccn4)s3)C2)s1. The first-order valence-electron chi connectivity index (χ1n) is 15.3. The summed E-state index contributed by atoms with van der Waals surface area (Å²) in [5, 5.41) is 25.5. The summed E-state index contributed by atoms with van der Waals surface area (Å²) in [4.78, 5) is 37.8. The molecule has 2 amide bonds. The number of nitrogens with one attached hydrogen (secondary N) is 2. The number of rotatable bonds is 10. The summed E-state index contributed by atoms with van der Waals surface area (Å²) in [6, 6.07) is 7.26. The van der Waals surface area contributed by atoms with E-state index in [2.05, 4.69) is 45.9 Å².